The largest absolute Gasteiger partial charge is 0.469 e. The molecule has 2 bridgehead atoms. The normalized spacial score (nSPS) is 19.4. The van der Waals surface area contributed by atoms with Crippen LogP contribution in [0.2, 0.25) is 5.02 Å². The van der Waals surface area contributed by atoms with Crippen LogP contribution in [-0.2, 0) is 19.0 Å². The van der Waals surface area contributed by atoms with Crippen molar-refractivity contribution in [1.82, 2.24) is 24.8 Å². The maximum Gasteiger partial charge on any atom is 0.413 e. The number of thiazole rings is 1. The molecule has 7 rings (SSSR count). The highest BCUT2D eigenvalue weighted by Crippen LogP contribution is 2.45. The maximum absolute atomic E-state index is 17.4. The molecule has 2 aromatic heterocycles. The first kappa shape index (κ1) is 45.4. The van der Waals surface area contributed by atoms with Gasteiger partial charge in [0, 0.05) is 54.1 Å². The summed E-state index contributed by atoms with van der Waals surface area (Å²) in [6.07, 6.45) is 6.48. The van der Waals surface area contributed by atoms with Crippen LogP contribution in [-0.4, -0.2) is 112 Å². The van der Waals surface area contributed by atoms with Crippen molar-refractivity contribution < 1.29 is 42.1 Å². The third-order valence-electron chi connectivity index (χ3n) is 11.3. The SMILES string of the molecule is COC(=O)CCCCCCN1CCC[C@H]1COc1nc(N2C3CCC2CN(C(=O)OC(C)(C)C)C3)c2cc(Cl)c(-c3ccc(F)c4sc(NC(=O)OC(C)(C)C)nc34)c(F)c2n1. The fourth-order valence-electron chi connectivity index (χ4n) is 8.60. The monoisotopic (exact) mass is 899 g/mol. The fourth-order valence-corrected chi connectivity index (χ4v) is 9.78. The molecule has 18 heteroatoms. The van der Waals surface area contributed by atoms with Crippen LogP contribution in [0.5, 0.6) is 6.01 Å². The summed E-state index contributed by atoms with van der Waals surface area (Å²) in [5.74, 6) is -1.11. The molecule has 0 aliphatic carbocycles. The molecule has 14 nitrogen and oxygen atoms in total. The average Bonchev–Trinajstić information content (AvgIpc) is 3.90. The van der Waals surface area contributed by atoms with Crippen molar-refractivity contribution in [2.45, 2.75) is 129 Å². The Morgan fingerprint density at radius 2 is 1.63 bits per heavy atom. The number of unbranched alkanes of at least 4 members (excludes halogenated alkanes) is 3. The summed E-state index contributed by atoms with van der Waals surface area (Å²) in [7, 11) is 1.41. The average molecular weight is 900 g/mol. The van der Waals surface area contributed by atoms with Gasteiger partial charge in [0.05, 0.1) is 22.3 Å². The summed E-state index contributed by atoms with van der Waals surface area (Å²) < 4.78 is 55.1. The Morgan fingerprint density at radius 1 is 0.919 bits per heavy atom. The van der Waals surface area contributed by atoms with Gasteiger partial charge >= 0.3 is 24.2 Å². The van der Waals surface area contributed by atoms with E-state index < -0.39 is 28.9 Å². The van der Waals surface area contributed by atoms with E-state index in [0.717, 1.165) is 75.8 Å². The number of amides is 2. The Hall–Kier alpha value is -4.61. The number of piperazine rings is 1. The molecule has 3 aliphatic rings. The number of benzene rings is 2. The highest BCUT2D eigenvalue weighted by Gasteiger charge is 2.44. The lowest BCUT2D eigenvalue weighted by Crippen LogP contribution is -2.56. The van der Waals surface area contributed by atoms with Crippen LogP contribution in [0.15, 0.2) is 18.2 Å². The number of anilines is 2. The van der Waals surface area contributed by atoms with E-state index in [0.29, 0.717) is 37.3 Å². The Labute approximate surface area is 369 Å². The first-order valence-electron chi connectivity index (χ1n) is 21.4. The quantitative estimate of drug-likeness (QED) is 0.0774. The number of hydrogen-bond donors (Lipinski definition) is 1. The molecule has 0 saturated carbocycles. The Bertz CT molecular complexity index is 2310. The summed E-state index contributed by atoms with van der Waals surface area (Å²) in [6, 6.07) is 4.07. The number of halogens is 3. The summed E-state index contributed by atoms with van der Waals surface area (Å²) in [5, 5.41) is 3.03. The second-order valence-electron chi connectivity index (χ2n) is 18.3. The number of rotatable bonds is 13. The molecule has 4 aromatic rings. The number of ether oxygens (including phenoxy) is 4. The van der Waals surface area contributed by atoms with Gasteiger partial charge in [-0.1, -0.05) is 35.8 Å². The van der Waals surface area contributed by atoms with Crippen molar-refractivity contribution in [1.29, 1.82) is 0 Å². The summed E-state index contributed by atoms with van der Waals surface area (Å²) >= 11 is 7.91. The van der Waals surface area contributed by atoms with Gasteiger partial charge in [0.25, 0.3) is 0 Å². The fraction of sp³-hybridized carbons (Fsp3) is 0.591. The van der Waals surface area contributed by atoms with Crippen LogP contribution in [0, 0.1) is 11.6 Å². The lowest BCUT2D eigenvalue weighted by molar-refractivity contribution is -0.140. The zero-order valence-electron chi connectivity index (χ0n) is 36.4. The molecule has 336 valence electrons. The molecule has 2 unspecified atom stereocenters. The summed E-state index contributed by atoms with van der Waals surface area (Å²) in [6.45, 7) is 13.5. The van der Waals surface area contributed by atoms with E-state index in [2.05, 4.69) is 20.1 Å². The summed E-state index contributed by atoms with van der Waals surface area (Å²) in [4.78, 5) is 57.7. The minimum Gasteiger partial charge on any atom is -0.469 e. The first-order valence-corrected chi connectivity index (χ1v) is 22.6. The number of esters is 1. The van der Waals surface area contributed by atoms with E-state index in [1.807, 2.05) is 20.8 Å². The number of nitrogens with one attached hydrogen (secondary N) is 1. The van der Waals surface area contributed by atoms with E-state index in [1.165, 1.54) is 19.2 Å². The van der Waals surface area contributed by atoms with Crippen molar-refractivity contribution in [3.63, 3.8) is 0 Å². The second-order valence-corrected chi connectivity index (χ2v) is 19.7. The maximum atomic E-state index is 17.4. The molecule has 2 aromatic carbocycles. The van der Waals surface area contributed by atoms with Gasteiger partial charge in [-0.05, 0) is 111 Å². The minimum absolute atomic E-state index is 0.00469. The molecule has 2 amide bonds. The third kappa shape index (κ3) is 10.4. The Balaban J connectivity index is 1.21. The molecule has 3 saturated heterocycles. The standard InChI is InChI=1S/C44H56ClF2N7O7S/c1-43(2,3)60-41(56)51-40-49-36-28(17-18-31(46)37(36)62-40)33-30(45)21-29-35(34(33)47)48-39(59-24-27-13-12-20-52(27)19-11-9-8-10-14-32(55)58-7)50-38(29)54-25-15-16-26(54)23-53(22-25)42(57)61-44(4,5)6/h17-18,21,25-27H,8-16,19-20,22-24H2,1-7H3,(H,49,51,56)/t25?,26?,27-/m0/s1. The number of carbonyl (C=O) groups excluding carboxylic acids is 3. The predicted octanol–water partition coefficient (Wildman–Crippen LogP) is 9.74. The van der Waals surface area contributed by atoms with Gasteiger partial charge in [-0.15, -0.1) is 0 Å². The van der Waals surface area contributed by atoms with Crippen LogP contribution < -0.4 is 15.0 Å². The Morgan fingerprint density at radius 3 is 2.32 bits per heavy atom. The van der Waals surface area contributed by atoms with Gasteiger partial charge in [0.1, 0.15) is 35.0 Å². The van der Waals surface area contributed by atoms with Gasteiger partial charge in [0.15, 0.2) is 10.9 Å². The predicted molar refractivity (Wildman–Crippen MR) is 235 cm³/mol. The van der Waals surface area contributed by atoms with Crippen LogP contribution in [0.25, 0.3) is 32.2 Å². The lowest BCUT2D eigenvalue weighted by Gasteiger charge is -2.42. The van der Waals surface area contributed by atoms with Crippen molar-refractivity contribution in [3.05, 3.63) is 34.9 Å². The van der Waals surface area contributed by atoms with Crippen molar-refractivity contribution in [2.75, 3.05) is 50.1 Å². The molecule has 0 spiro atoms. The van der Waals surface area contributed by atoms with E-state index >= 15 is 8.78 Å². The van der Waals surface area contributed by atoms with Gasteiger partial charge in [-0.2, -0.15) is 9.97 Å². The van der Waals surface area contributed by atoms with Gasteiger partial charge < -0.3 is 28.7 Å². The smallest absolute Gasteiger partial charge is 0.413 e. The highest BCUT2D eigenvalue weighted by atomic mass is 35.5. The van der Waals surface area contributed by atoms with E-state index in [9.17, 15) is 14.4 Å². The number of hydrogen-bond acceptors (Lipinski definition) is 13. The highest BCUT2D eigenvalue weighted by molar-refractivity contribution is 7.22. The van der Waals surface area contributed by atoms with Crippen LogP contribution >= 0.6 is 22.9 Å². The van der Waals surface area contributed by atoms with Crippen LogP contribution in [0.1, 0.15) is 99.3 Å². The number of nitrogens with zero attached hydrogens (tertiary/aromatic N) is 6. The number of likely N-dealkylation sites (tertiary alicyclic amines) is 2. The number of aromatic nitrogens is 3. The van der Waals surface area contributed by atoms with E-state index in [1.54, 1.807) is 31.7 Å². The zero-order chi connectivity index (χ0) is 44.5. The van der Waals surface area contributed by atoms with Gasteiger partial charge in [0.2, 0.25) is 0 Å². The Kier molecular flexibility index (Phi) is 13.6. The first-order chi connectivity index (χ1) is 29.4. The number of methoxy groups -OCH3 is 1. The van der Waals surface area contributed by atoms with E-state index in [-0.39, 0.29) is 73.2 Å². The third-order valence-corrected chi connectivity index (χ3v) is 12.6. The number of carbonyl (C=O) groups is 3. The van der Waals surface area contributed by atoms with Crippen molar-refractivity contribution in [2.24, 2.45) is 0 Å². The second kappa shape index (κ2) is 18.6. The van der Waals surface area contributed by atoms with Crippen molar-refractivity contribution >= 4 is 73.2 Å². The molecule has 3 aliphatic heterocycles. The molecular weight excluding hydrogens is 844 g/mol. The van der Waals surface area contributed by atoms with Crippen molar-refractivity contribution in [3.8, 4) is 17.1 Å². The molecule has 3 fully saturated rings. The molecule has 3 atom stereocenters. The topological polar surface area (TPSA) is 149 Å². The minimum atomic E-state index is -0.779. The summed E-state index contributed by atoms with van der Waals surface area (Å²) in [5.41, 5.74) is -1.19. The van der Waals surface area contributed by atoms with Crippen LogP contribution in [0.3, 0.4) is 0 Å². The van der Waals surface area contributed by atoms with Gasteiger partial charge in [-0.3, -0.25) is 15.0 Å². The molecule has 0 radical (unpaired) electrons. The van der Waals surface area contributed by atoms with Gasteiger partial charge in [-0.25, -0.2) is 23.4 Å². The molecule has 5 heterocycles. The van der Waals surface area contributed by atoms with E-state index in [4.69, 9.17) is 40.5 Å². The van der Waals surface area contributed by atoms with Crippen LogP contribution in [0.4, 0.5) is 29.3 Å². The molecular formula is C44H56ClF2N7O7S. The lowest BCUT2D eigenvalue weighted by atomic mass is 10.0. The molecule has 62 heavy (non-hydrogen) atoms. The molecule has 1 N–H and O–H groups in total. The number of fused-ring (bicyclic) bond motifs is 4. The zero-order valence-corrected chi connectivity index (χ0v) is 38.0.